The molecule has 4 nitrogen and oxygen atoms in total. The lowest BCUT2D eigenvalue weighted by molar-refractivity contribution is -0.121. The molecule has 1 rings (SSSR count). The van der Waals surface area contributed by atoms with Gasteiger partial charge < -0.3 is 14.8 Å². The highest BCUT2D eigenvalue weighted by atomic mass is 16.5. The molecule has 1 amide bonds. The normalized spacial score (nSPS) is 11.8. The van der Waals surface area contributed by atoms with Gasteiger partial charge in [0.15, 0.2) is 11.5 Å². The molecule has 0 bridgehead atoms. The molecule has 1 atom stereocenters. The Morgan fingerprint density at radius 1 is 1.08 bits per heavy atom. The fourth-order valence-electron chi connectivity index (χ4n) is 2.80. The second-order valence-electron chi connectivity index (χ2n) is 6.37. The van der Waals surface area contributed by atoms with Crippen molar-refractivity contribution < 1.29 is 14.3 Å². The van der Waals surface area contributed by atoms with Crippen LogP contribution in [-0.4, -0.2) is 25.7 Å². The summed E-state index contributed by atoms with van der Waals surface area (Å²) in [7, 11) is 0. The first-order chi connectivity index (χ1) is 12.1. The Bertz CT molecular complexity index is 502. The standard InChI is InChI=1S/C21H35NO3/c1-5-9-10-17(6-2)16-22-21(23)14-12-18-11-13-19(24-7-3)20(15-18)25-8-4/h11,13,15,17H,5-10,12,14,16H2,1-4H3,(H,22,23). The summed E-state index contributed by atoms with van der Waals surface area (Å²) in [4.78, 5) is 12.1. The summed E-state index contributed by atoms with van der Waals surface area (Å²) in [5.74, 6) is 2.24. The summed E-state index contributed by atoms with van der Waals surface area (Å²) in [6.07, 6.45) is 5.99. The number of amides is 1. The van der Waals surface area contributed by atoms with Crippen LogP contribution in [0.5, 0.6) is 11.5 Å². The third-order valence-corrected chi connectivity index (χ3v) is 4.38. The summed E-state index contributed by atoms with van der Waals surface area (Å²) in [5.41, 5.74) is 1.10. The molecular formula is C21H35NO3. The zero-order valence-corrected chi connectivity index (χ0v) is 16.4. The molecule has 0 saturated carbocycles. The SMILES string of the molecule is CCCCC(CC)CNC(=O)CCc1ccc(OCC)c(OCC)c1. The van der Waals surface area contributed by atoms with E-state index in [9.17, 15) is 4.79 Å². The molecule has 1 N–H and O–H groups in total. The first-order valence-corrected chi connectivity index (χ1v) is 9.79. The second-order valence-corrected chi connectivity index (χ2v) is 6.37. The number of aryl methyl sites for hydroxylation is 1. The number of carbonyl (C=O) groups excluding carboxylic acids is 1. The summed E-state index contributed by atoms with van der Waals surface area (Å²) < 4.78 is 11.2. The smallest absolute Gasteiger partial charge is 0.220 e. The number of hydrogen-bond donors (Lipinski definition) is 1. The van der Waals surface area contributed by atoms with E-state index < -0.39 is 0 Å². The van der Waals surface area contributed by atoms with Crippen LogP contribution in [0.15, 0.2) is 18.2 Å². The molecule has 25 heavy (non-hydrogen) atoms. The number of benzene rings is 1. The Labute approximate surface area is 153 Å². The quantitative estimate of drug-likeness (QED) is 0.559. The predicted octanol–water partition coefficient (Wildman–Crippen LogP) is 4.75. The maximum absolute atomic E-state index is 12.1. The average molecular weight is 350 g/mol. The molecule has 142 valence electrons. The van der Waals surface area contributed by atoms with Crippen LogP contribution in [0.3, 0.4) is 0 Å². The first-order valence-electron chi connectivity index (χ1n) is 9.79. The van der Waals surface area contributed by atoms with E-state index in [0.717, 1.165) is 30.0 Å². The van der Waals surface area contributed by atoms with Gasteiger partial charge in [0, 0.05) is 13.0 Å². The molecule has 0 saturated heterocycles. The van der Waals surface area contributed by atoms with E-state index in [1.165, 1.54) is 19.3 Å². The lowest BCUT2D eigenvalue weighted by Crippen LogP contribution is -2.29. The van der Waals surface area contributed by atoms with Gasteiger partial charge in [-0.2, -0.15) is 0 Å². The van der Waals surface area contributed by atoms with Gasteiger partial charge in [-0.25, -0.2) is 0 Å². The summed E-state index contributed by atoms with van der Waals surface area (Å²) in [6.45, 7) is 10.3. The van der Waals surface area contributed by atoms with Crippen LogP contribution in [0.2, 0.25) is 0 Å². The number of rotatable bonds is 13. The van der Waals surface area contributed by atoms with Gasteiger partial charge in [0.2, 0.25) is 5.91 Å². The van der Waals surface area contributed by atoms with Crippen molar-refractivity contribution in [2.75, 3.05) is 19.8 Å². The molecule has 0 spiro atoms. The largest absolute Gasteiger partial charge is 0.490 e. The molecule has 1 aromatic carbocycles. The van der Waals surface area contributed by atoms with E-state index in [0.29, 0.717) is 32.0 Å². The minimum Gasteiger partial charge on any atom is -0.490 e. The van der Waals surface area contributed by atoms with Crippen LogP contribution in [0.4, 0.5) is 0 Å². The van der Waals surface area contributed by atoms with E-state index in [1.807, 2.05) is 32.0 Å². The van der Waals surface area contributed by atoms with Crippen molar-refractivity contribution in [1.82, 2.24) is 5.32 Å². The van der Waals surface area contributed by atoms with Gasteiger partial charge in [-0.3, -0.25) is 4.79 Å². The Kier molecular flexibility index (Phi) is 10.8. The Morgan fingerprint density at radius 3 is 2.44 bits per heavy atom. The van der Waals surface area contributed by atoms with Crippen LogP contribution in [-0.2, 0) is 11.2 Å². The summed E-state index contributed by atoms with van der Waals surface area (Å²) in [5, 5.41) is 3.09. The minimum absolute atomic E-state index is 0.127. The predicted molar refractivity (Wildman–Crippen MR) is 103 cm³/mol. The number of unbranched alkanes of at least 4 members (excludes halogenated alkanes) is 1. The number of hydrogen-bond acceptors (Lipinski definition) is 3. The van der Waals surface area contributed by atoms with Gasteiger partial charge in [-0.05, 0) is 50.3 Å². The minimum atomic E-state index is 0.127. The van der Waals surface area contributed by atoms with Gasteiger partial charge in [-0.1, -0.05) is 39.2 Å². The highest BCUT2D eigenvalue weighted by Gasteiger charge is 2.10. The van der Waals surface area contributed by atoms with Crippen LogP contribution >= 0.6 is 0 Å². The van der Waals surface area contributed by atoms with Crippen LogP contribution in [0, 0.1) is 5.92 Å². The van der Waals surface area contributed by atoms with E-state index in [4.69, 9.17) is 9.47 Å². The van der Waals surface area contributed by atoms with Gasteiger partial charge in [0.05, 0.1) is 13.2 Å². The molecule has 0 aliphatic carbocycles. The average Bonchev–Trinajstić information content (AvgIpc) is 2.62. The van der Waals surface area contributed by atoms with Gasteiger partial charge in [0.25, 0.3) is 0 Å². The highest BCUT2D eigenvalue weighted by Crippen LogP contribution is 2.29. The van der Waals surface area contributed by atoms with Crippen molar-refractivity contribution in [3.05, 3.63) is 23.8 Å². The molecule has 0 aliphatic rings. The van der Waals surface area contributed by atoms with Crippen molar-refractivity contribution in [1.29, 1.82) is 0 Å². The molecule has 0 fully saturated rings. The molecular weight excluding hydrogens is 314 g/mol. The van der Waals surface area contributed by atoms with E-state index >= 15 is 0 Å². The maximum Gasteiger partial charge on any atom is 0.220 e. The van der Waals surface area contributed by atoms with Crippen LogP contribution in [0.25, 0.3) is 0 Å². The molecule has 0 aliphatic heterocycles. The van der Waals surface area contributed by atoms with Crippen molar-refractivity contribution in [2.45, 2.75) is 66.2 Å². The number of nitrogens with one attached hydrogen (secondary N) is 1. The maximum atomic E-state index is 12.1. The van der Waals surface area contributed by atoms with Crippen molar-refractivity contribution in [3.63, 3.8) is 0 Å². The molecule has 1 aromatic rings. The van der Waals surface area contributed by atoms with E-state index in [1.54, 1.807) is 0 Å². The third kappa shape index (κ3) is 8.28. The fraction of sp³-hybridized carbons (Fsp3) is 0.667. The summed E-state index contributed by atoms with van der Waals surface area (Å²) in [6, 6.07) is 5.92. The van der Waals surface area contributed by atoms with Gasteiger partial charge in [-0.15, -0.1) is 0 Å². The molecule has 4 heteroatoms. The van der Waals surface area contributed by atoms with Gasteiger partial charge in [0.1, 0.15) is 0 Å². The Hall–Kier alpha value is -1.71. The lowest BCUT2D eigenvalue weighted by atomic mass is 9.99. The molecule has 1 unspecified atom stereocenters. The van der Waals surface area contributed by atoms with E-state index in [2.05, 4.69) is 19.2 Å². The Morgan fingerprint density at radius 2 is 1.80 bits per heavy atom. The van der Waals surface area contributed by atoms with Crippen molar-refractivity contribution in [3.8, 4) is 11.5 Å². The highest BCUT2D eigenvalue weighted by molar-refractivity contribution is 5.76. The molecule has 0 heterocycles. The van der Waals surface area contributed by atoms with Gasteiger partial charge >= 0.3 is 0 Å². The Balaban J connectivity index is 2.48. The fourth-order valence-corrected chi connectivity index (χ4v) is 2.80. The lowest BCUT2D eigenvalue weighted by Gasteiger charge is -2.15. The summed E-state index contributed by atoms with van der Waals surface area (Å²) >= 11 is 0. The van der Waals surface area contributed by atoms with Crippen molar-refractivity contribution >= 4 is 5.91 Å². The van der Waals surface area contributed by atoms with Crippen LogP contribution < -0.4 is 14.8 Å². The third-order valence-electron chi connectivity index (χ3n) is 4.38. The first kappa shape index (κ1) is 21.3. The molecule has 0 aromatic heterocycles. The number of carbonyl (C=O) groups is 1. The topological polar surface area (TPSA) is 47.6 Å². The van der Waals surface area contributed by atoms with Crippen LogP contribution in [0.1, 0.15) is 65.4 Å². The van der Waals surface area contributed by atoms with E-state index in [-0.39, 0.29) is 5.91 Å². The molecule has 0 radical (unpaired) electrons. The monoisotopic (exact) mass is 349 g/mol. The zero-order chi connectivity index (χ0) is 18.5. The zero-order valence-electron chi connectivity index (χ0n) is 16.4. The number of ether oxygens (including phenoxy) is 2. The second kappa shape index (κ2) is 12.6. The van der Waals surface area contributed by atoms with Crippen molar-refractivity contribution in [2.24, 2.45) is 5.92 Å².